The molecule has 0 bridgehead atoms. The van der Waals surface area contributed by atoms with Crippen LogP contribution in [0.2, 0.25) is 0 Å². The molecule has 8 heteroatoms. The van der Waals surface area contributed by atoms with E-state index < -0.39 is 11.4 Å². The van der Waals surface area contributed by atoms with Gasteiger partial charge in [0, 0.05) is 11.4 Å². The zero-order chi connectivity index (χ0) is 17.3. The molecule has 1 aromatic carbocycles. The van der Waals surface area contributed by atoms with Gasteiger partial charge in [0.1, 0.15) is 22.2 Å². The highest BCUT2D eigenvalue weighted by Gasteiger charge is 2.20. The van der Waals surface area contributed by atoms with E-state index in [0.717, 1.165) is 0 Å². The second-order valence-electron chi connectivity index (χ2n) is 5.41. The van der Waals surface area contributed by atoms with E-state index in [9.17, 15) is 14.0 Å². The number of thiazole rings is 1. The Labute approximate surface area is 140 Å². The van der Waals surface area contributed by atoms with Gasteiger partial charge in [-0.05, 0) is 31.5 Å². The second-order valence-corrected chi connectivity index (χ2v) is 6.27. The van der Waals surface area contributed by atoms with E-state index in [1.54, 1.807) is 5.38 Å². The Balaban J connectivity index is 2.00. The minimum absolute atomic E-state index is 0.00819. The predicted molar refractivity (Wildman–Crippen MR) is 88.4 cm³/mol. The lowest BCUT2D eigenvalue weighted by molar-refractivity contribution is 0.0939. The third-order valence-electron chi connectivity index (χ3n) is 3.20. The Kier molecular flexibility index (Phi) is 4.30. The summed E-state index contributed by atoms with van der Waals surface area (Å²) in [7, 11) is 0. The average molecular weight is 347 g/mol. The van der Waals surface area contributed by atoms with Gasteiger partial charge in [0.05, 0.1) is 5.56 Å². The molecule has 2 N–H and O–H groups in total. The number of carbonyl (C=O) groups is 1. The number of rotatable bonds is 4. The van der Waals surface area contributed by atoms with Gasteiger partial charge in [0.2, 0.25) is 0 Å². The molecule has 0 saturated heterocycles. The standard InChI is InChI=1S/C16H14FN3O3S/c1-8(2)18-14(21)11-7-24-15(19-11)13-12(16(22)23-20-13)9-3-5-10(17)6-4-9/h3-8,20H,1-2H3,(H,18,21). The first-order chi connectivity index (χ1) is 11.5. The number of halogens is 1. The number of aromatic nitrogens is 2. The maximum atomic E-state index is 13.1. The fourth-order valence-electron chi connectivity index (χ4n) is 2.16. The van der Waals surface area contributed by atoms with Crippen LogP contribution in [0.3, 0.4) is 0 Å². The lowest BCUT2D eigenvalue weighted by Crippen LogP contribution is -2.30. The number of nitrogens with one attached hydrogen (secondary N) is 2. The van der Waals surface area contributed by atoms with E-state index >= 15 is 0 Å². The van der Waals surface area contributed by atoms with Gasteiger partial charge in [-0.25, -0.2) is 19.3 Å². The normalized spacial score (nSPS) is 11.0. The summed E-state index contributed by atoms with van der Waals surface area (Å²) in [4.78, 5) is 28.2. The Morgan fingerprint density at radius 3 is 2.71 bits per heavy atom. The molecule has 24 heavy (non-hydrogen) atoms. The molecular weight excluding hydrogens is 333 g/mol. The van der Waals surface area contributed by atoms with Gasteiger partial charge in [-0.3, -0.25) is 4.79 Å². The van der Waals surface area contributed by atoms with Crippen molar-refractivity contribution in [1.82, 2.24) is 15.5 Å². The highest BCUT2D eigenvalue weighted by atomic mass is 32.1. The van der Waals surface area contributed by atoms with Crippen molar-refractivity contribution in [2.45, 2.75) is 19.9 Å². The van der Waals surface area contributed by atoms with Crippen LogP contribution in [0.1, 0.15) is 24.3 Å². The molecule has 0 aliphatic rings. The highest BCUT2D eigenvalue weighted by Crippen LogP contribution is 2.30. The number of benzene rings is 1. The van der Waals surface area contributed by atoms with Crippen molar-refractivity contribution in [1.29, 1.82) is 0 Å². The summed E-state index contributed by atoms with van der Waals surface area (Å²) in [5.74, 6) is -0.691. The van der Waals surface area contributed by atoms with Crippen LogP contribution in [-0.2, 0) is 0 Å². The molecule has 0 fully saturated rings. The molecule has 124 valence electrons. The monoisotopic (exact) mass is 347 g/mol. The quantitative estimate of drug-likeness (QED) is 0.759. The fourth-order valence-corrected chi connectivity index (χ4v) is 2.96. The molecule has 2 heterocycles. The molecule has 0 aliphatic carbocycles. The molecule has 0 aliphatic heterocycles. The Hall–Kier alpha value is -2.74. The Morgan fingerprint density at radius 2 is 2.04 bits per heavy atom. The largest absolute Gasteiger partial charge is 0.365 e. The van der Waals surface area contributed by atoms with Crippen LogP contribution in [0.15, 0.2) is 39.0 Å². The molecule has 2 aromatic heterocycles. The van der Waals surface area contributed by atoms with Gasteiger partial charge in [-0.2, -0.15) is 0 Å². The SMILES string of the molecule is CC(C)NC(=O)c1csc(-c2[nH]oc(=O)c2-c2ccc(F)cc2)n1. The van der Waals surface area contributed by atoms with Crippen LogP contribution in [0.4, 0.5) is 4.39 Å². The zero-order valence-corrected chi connectivity index (χ0v) is 13.7. The fraction of sp³-hybridized carbons (Fsp3) is 0.188. The topological polar surface area (TPSA) is 88.0 Å². The molecule has 0 atom stereocenters. The third-order valence-corrected chi connectivity index (χ3v) is 4.06. The van der Waals surface area contributed by atoms with Crippen molar-refractivity contribution in [2.24, 2.45) is 0 Å². The van der Waals surface area contributed by atoms with Gasteiger partial charge in [-0.1, -0.05) is 12.1 Å². The highest BCUT2D eigenvalue weighted by molar-refractivity contribution is 7.13. The Morgan fingerprint density at radius 1 is 1.33 bits per heavy atom. The lowest BCUT2D eigenvalue weighted by atomic mass is 10.1. The predicted octanol–water partition coefficient (Wildman–Crippen LogP) is 3.04. The van der Waals surface area contributed by atoms with Crippen molar-refractivity contribution in [2.75, 3.05) is 0 Å². The summed E-state index contributed by atoms with van der Waals surface area (Å²) in [6.45, 7) is 3.71. The summed E-state index contributed by atoms with van der Waals surface area (Å²) in [5.41, 5.74) is 0.793. The third kappa shape index (κ3) is 3.13. The van der Waals surface area contributed by atoms with E-state index in [4.69, 9.17) is 4.52 Å². The van der Waals surface area contributed by atoms with Crippen LogP contribution in [0, 0.1) is 5.82 Å². The summed E-state index contributed by atoms with van der Waals surface area (Å²) in [6, 6.07) is 5.48. The molecule has 0 saturated carbocycles. The van der Waals surface area contributed by atoms with Gasteiger partial charge in [-0.15, -0.1) is 11.3 Å². The zero-order valence-electron chi connectivity index (χ0n) is 12.9. The van der Waals surface area contributed by atoms with E-state index in [2.05, 4.69) is 15.5 Å². The number of nitrogens with zero attached hydrogens (tertiary/aromatic N) is 1. The van der Waals surface area contributed by atoms with E-state index in [0.29, 0.717) is 16.3 Å². The Bertz CT molecular complexity index is 925. The molecule has 3 rings (SSSR count). The van der Waals surface area contributed by atoms with Crippen LogP contribution >= 0.6 is 11.3 Å². The van der Waals surface area contributed by atoms with Crippen molar-refractivity contribution in [3.8, 4) is 21.8 Å². The van der Waals surface area contributed by atoms with Gasteiger partial charge < -0.3 is 9.84 Å². The summed E-state index contributed by atoms with van der Waals surface area (Å²) in [6.07, 6.45) is 0. The van der Waals surface area contributed by atoms with Crippen LogP contribution in [-0.4, -0.2) is 22.1 Å². The van der Waals surface area contributed by atoms with Crippen molar-refractivity contribution >= 4 is 17.2 Å². The molecule has 3 aromatic rings. The summed E-state index contributed by atoms with van der Waals surface area (Å²) < 4.78 is 17.9. The first-order valence-electron chi connectivity index (χ1n) is 7.20. The van der Waals surface area contributed by atoms with Gasteiger partial charge >= 0.3 is 5.63 Å². The smallest absolute Gasteiger partial charge is 0.349 e. The molecule has 0 spiro atoms. The minimum atomic E-state index is -0.583. The first kappa shape index (κ1) is 16.1. The van der Waals surface area contributed by atoms with E-state index in [1.165, 1.54) is 35.6 Å². The van der Waals surface area contributed by atoms with E-state index in [-0.39, 0.29) is 23.2 Å². The maximum absolute atomic E-state index is 13.1. The number of carbonyl (C=O) groups excluding carboxylic acids is 1. The van der Waals surface area contributed by atoms with Gasteiger partial charge in [0.15, 0.2) is 0 Å². The number of aromatic amines is 1. The van der Waals surface area contributed by atoms with Crippen LogP contribution in [0.25, 0.3) is 21.8 Å². The maximum Gasteiger partial charge on any atom is 0.365 e. The first-order valence-corrected chi connectivity index (χ1v) is 8.08. The second kappa shape index (κ2) is 6.40. The molecule has 1 amide bonds. The minimum Gasteiger partial charge on any atom is -0.349 e. The summed E-state index contributed by atoms with van der Waals surface area (Å²) >= 11 is 1.21. The van der Waals surface area contributed by atoms with Crippen LogP contribution < -0.4 is 10.9 Å². The van der Waals surface area contributed by atoms with E-state index in [1.807, 2.05) is 13.8 Å². The molecule has 6 nitrogen and oxygen atoms in total. The van der Waals surface area contributed by atoms with Crippen molar-refractivity contribution < 1.29 is 13.7 Å². The lowest BCUT2D eigenvalue weighted by Gasteiger charge is -2.05. The number of amides is 1. The number of H-pyrrole nitrogens is 1. The molecule has 0 radical (unpaired) electrons. The van der Waals surface area contributed by atoms with Crippen LogP contribution in [0.5, 0.6) is 0 Å². The van der Waals surface area contributed by atoms with Crippen molar-refractivity contribution in [3.63, 3.8) is 0 Å². The summed E-state index contributed by atoms with van der Waals surface area (Å²) in [5, 5.41) is 7.32. The number of hydrogen-bond donors (Lipinski definition) is 2. The average Bonchev–Trinajstić information content (AvgIpc) is 3.14. The number of hydrogen-bond acceptors (Lipinski definition) is 5. The molecule has 0 unspecified atom stereocenters. The molecular formula is C16H14FN3O3S. The van der Waals surface area contributed by atoms with Crippen molar-refractivity contribution in [3.05, 3.63) is 51.6 Å². The van der Waals surface area contributed by atoms with Gasteiger partial charge in [0.25, 0.3) is 5.91 Å².